The van der Waals surface area contributed by atoms with Crippen LogP contribution >= 0.6 is 12.4 Å². The van der Waals surface area contributed by atoms with Gasteiger partial charge in [-0.1, -0.05) is 31.2 Å². The van der Waals surface area contributed by atoms with E-state index in [2.05, 4.69) is 34.8 Å². The Morgan fingerprint density at radius 2 is 1.88 bits per heavy atom. The number of halogens is 1. The van der Waals surface area contributed by atoms with E-state index in [9.17, 15) is 4.79 Å². The Kier molecular flexibility index (Phi) is 6.56. The summed E-state index contributed by atoms with van der Waals surface area (Å²) in [5.74, 6) is 0.270. The SMILES string of the molecule is Cc1c(C(=O)Nc2ccc(C(C)C)cc2)nnn1C1CCNCC1.Cl. The van der Waals surface area contributed by atoms with Gasteiger partial charge in [0.25, 0.3) is 5.91 Å². The lowest BCUT2D eigenvalue weighted by atomic mass is 10.0. The Labute approximate surface area is 154 Å². The second-order valence-electron chi connectivity index (χ2n) is 6.68. The predicted octanol–water partition coefficient (Wildman–Crippen LogP) is 3.31. The largest absolute Gasteiger partial charge is 0.321 e. The third-order valence-corrected chi connectivity index (χ3v) is 4.63. The summed E-state index contributed by atoms with van der Waals surface area (Å²) in [4.78, 5) is 12.5. The smallest absolute Gasteiger partial charge is 0.278 e. The maximum absolute atomic E-state index is 12.5. The highest BCUT2D eigenvalue weighted by Gasteiger charge is 2.22. The van der Waals surface area contributed by atoms with E-state index in [1.807, 2.05) is 35.9 Å². The van der Waals surface area contributed by atoms with Crippen molar-refractivity contribution in [1.29, 1.82) is 0 Å². The third kappa shape index (κ3) is 4.38. The lowest BCUT2D eigenvalue weighted by Crippen LogP contribution is -2.30. The summed E-state index contributed by atoms with van der Waals surface area (Å²) in [7, 11) is 0. The van der Waals surface area contributed by atoms with Crippen LogP contribution in [-0.4, -0.2) is 34.0 Å². The highest BCUT2D eigenvalue weighted by atomic mass is 35.5. The Balaban J connectivity index is 0.00000225. The van der Waals surface area contributed by atoms with Crippen LogP contribution in [0.25, 0.3) is 0 Å². The molecule has 7 heteroatoms. The molecule has 0 atom stereocenters. The van der Waals surface area contributed by atoms with E-state index in [4.69, 9.17) is 0 Å². The number of hydrogen-bond acceptors (Lipinski definition) is 4. The number of aromatic nitrogens is 3. The molecule has 2 aromatic rings. The van der Waals surface area contributed by atoms with Crippen molar-refractivity contribution < 1.29 is 4.79 Å². The van der Waals surface area contributed by atoms with Gasteiger partial charge in [0.15, 0.2) is 5.69 Å². The molecule has 3 rings (SSSR count). The van der Waals surface area contributed by atoms with Crippen LogP contribution in [0.15, 0.2) is 24.3 Å². The molecule has 1 saturated heterocycles. The second-order valence-corrected chi connectivity index (χ2v) is 6.68. The normalized spacial score (nSPS) is 15.0. The number of nitrogens with one attached hydrogen (secondary N) is 2. The van der Waals surface area contributed by atoms with Crippen LogP contribution < -0.4 is 10.6 Å². The van der Waals surface area contributed by atoms with E-state index >= 15 is 0 Å². The van der Waals surface area contributed by atoms with Crippen molar-refractivity contribution in [3.05, 3.63) is 41.2 Å². The van der Waals surface area contributed by atoms with Gasteiger partial charge in [-0.25, -0.2) is 4.68 Å². The molecule has 1 aliphatic heterocycles. The van der Waals surface area contributed by atoms with Crippen LogP contribution in [0.4, 0.5) is 5.69 Å². The Morgan fingerprint density at radius 3 is 2.48 bits per heavy atom. The molecule has 0 bridgehead atoms. The fourth-order valence-corrected chi connectivity index (χ4v) is 3.09. The number of nitrogens with zero attached hydrogens (tertiary/aromatic N) is 3. The van der Waals surface area contributed by atoms with E-state index in [1.165, 1.54) is 5.56 Å². The van der Waals surface area contributed by atoms with Gasteiger partial charge in [0.05, 0.1) is 11.7 Å². The molecule has 0 radical (unpaired) electrons. The van der Waals surface area contributed by atoms with Gasteiger partial charge in [-0.05, 0) is 56.5 Å². The molecule has 1 amide bonds. The predicted molar refractivity (Wildman–Crippen MR) is 102 cm³/mol. The first-order valence-electron chi connectivity index (χ1n) is 8.60. The fraction of sp³-hybridized carbons (Fsp3) is 0.500. The van der Waals surface area contributed by atoms with Gasteiger partial charge >= 0.3 is 0 Å². The van der Waals surface area contributed by atoms with Crippen LogP contribution in [0.3, 0.4) is 0 Å². The molecular weight excluding hydrogens is 338 g/mol. The zero-order valence-corrected chi connectivity index (χ0v) is 15.8. The number of anilines is 1. The van der Waals surface area contributed by atoms with Crippen LogP contribution in [-0.2, 0) is 0 Å². The van der Waals surface area contributed by atoms with Crippen molar-refractivity contribution in [2.24, 2.45) is 0 Å². The van der Waals surface area contributed by atoms with Crippen molar-refractivity contribution in [3.8, 4) is 0 Å². The molecule has 1 aromatic heterocycles. The molecule has 25 heavy (non-hydrogen) atoms. The number of piperidine rings is 1. The number of carbonyl (C=O) groups excluding carboxylic acids is 1. The molecular formula is C18H26ClN5O. The van der Waals surface area contributed by atoms with Crippen LogP contribution in [0, 0.1) is 6.92 Å². The van der Waals surface area contributed by atoms with Crippen molar-refractivity contribution in [2.75, 3.05) is 18.4 Å². The van der Waals surface area contributed by atoms with Crippen LogP contribution in [0.1, 0.15) is 60.4 Å². The molecule has 1 aromatic carbocycles. The average Bonchev–Trinajstić information content (AvgIpc) is 2.98. The van der Waals surface area contributed by atoms with Crippen LogP contribution in [0.5, 0.6) is 0 Å². The highest BCUT2D eigenvalue weighted by molar-refractivity contribution is 6.03. The van der Waals surface area contributed by atoms with Crippen molar-refractivity contribution in [1.82, 2.24) is 20.3 Å². The second kappa shape index (κ2) is 8.45. The first kappa shape index (κ1) is 19.4. The topological polar surface area (TPSA) is 71.8 Å². The van der Waals surface area contributed by atoms with Gasteiger partial charge < -0.3 is 10.6 Å². The van der Waals surface area contributed by atoms with E-state index in [0.29, 0.717) is 17.7 Å². The molecule has 1 aliphatic rings. The Hall–Kier alpha value is -1.92. The van der Waals surface area contributed by atoms with Crippen molar-refractivity contribution >= 4 is 24.0 Å². The molecule has 6 nitrogen and oxygen atoms in total. The number of rotatable bonds is 4. The zero-order valence-electron chi connectivity index (χ0n) is 15.0. The van der Waals surface area contributed by atoms with Gasteiger partial charge in [-0.15, -0.1) is 17.5 Å². The molecule has 0 unspecified atom stereocenters. The summed E-state index contributed by atoms with van der Waals surface area (Å²) in [6.07, 6.45) is 2.03. The summed E-state index contributed by atoms with van der Waals surface area (Å²) >= 11 is 0. The minimum Gasteiger partial charge on any atom is -0.321 e. The molecule has 2 heterocycles. The summed E-state index contributed by atoms with van der Waals surface area (Å²) in [6, 6.07) is 8.27. The van der Waals surface area contributed by atoms with E-state index in [-0.39, 0.29) is 18.3 Å². The minimum absolute atomic E-state index is 0. The Bertz CT molecular complexity index is 705. The first-order chi connectivity index (χ1) is 11.6. The molecule has 2 N–H and O–H groups in total. The van der Waals surface area contributed by atoms with Gasteiger partial charge in [0.2, 0.25) is 0 Å². The van der Waals surface area contributed by atoms with Crippen molar-refractivity contribution in [3.63, 3.8) is 0 Å². The van der Waals surface area contributed by atoms with E-state index in [0.717, 1.165) is 37.3 Å². The molecule has 0 spiro atoms. The molecule has 136 valence electrons. The monoisotopic (exact) mass is 363 g/mol. The zero-order chi connectivity index (χ0) is 17.1. The summed E-state index contributed by atoms with van der Waals surface area (Å²) < 4.78 is 1.90. The summed E-state index contributed by atoms with van der Waals surface area (Å²) in [5.41, 5.74) is 3.26. The lowest BCUT2D eigenvalue weighted by Gasteiger charge is -2.23. The van der Waals surface area contributed by atoms with E-state index in [1.54, 1.807) is 0 Å². The molecule has 0 saturated carbocycles. The maximum Gasteiger partial charge on any atom is 0.278 e. The maximum atomic E-state index is 12.5. The van der Waals surface area contributed by atoms with Crippen LogP contribution in [0.2, 0.25) is 0 Å². The van der Waals surface area contributed by atoms with Gasteiger partial charge in [-0.3, -0.25) is 4.79 Å². The minimum atomic E-state index is -0.204. The molecule has 0 aliphatic carbocycles. The number of hydrogen-bond donors (Lipinski definition) is 2. The highest BCUT2D eigenvalue weighted by Crippen LogP contribution is 2.21. The van der Waals surface area contributed by atoms with Gasteiger partial charge in [0, 0.05) is 5.69 Å². The lowest BCUT2D eigenvalue weighted by molar-refractivity contribution is 0.102. The number of amides is 1. The summed E-state index contributed by atoms with van der Waals surface area (Å²) in [5, 5.41) is 14.6. The quantitative estimate of drug-likeness (QED) is 0.874. The third-order valence-electron chi connectivity index (χ3n) is 4.63. The first-order valence-corrected chi connectivity index (χ1v) is 8.60. The number of benzene rings is 1. The fourth-order valence-electron chi connectivity index (χ4n) is 3.09. The molecule has 1 fully saturated rings. The number of carbonyl (C=O) groups is 1. The summed E-state index contributed by atoms with van der Waals surface area (Å²) in [6.45, 7) is 8.17. The Morgan fingerprint density at radius 1 is 1.24 bits per heavy atom. The average molecular weight is 364 g/mol. The van der Waals surface area contributed by atoms with Gasteiger partial charge in [0.1, 0.15) is 0 Å². The van der Waals surface area contributed by atoms with Crippen molar-refractivity contribution in [2.45, 2.75) is 45.6 Å². The standard InChI is InChI=1S/C18H25N5O.ClH/c1-12(2)14-4-6-15(7-5-14)20-18(24)17-13(3)23(22-21-17)16-8-10-19-11-9-16;/h4-7,12,16,19H,8-11H2,1-3H3,(H,20,24);1H. The van der Waals surface area contributed by atoms with E-state index < -0.39 is 0 Å². The van der Waals surface area contributed by atoms with Gasteiger partial charge in [-0.2, -0.15) is 0 Å².